The number of ether oxygens (including phenoxy) is 1. The first-order valence-electron chi connectivity index (χ1n) is 8.03. The molecule has 0 unspecified atom stereocenters. The molecule has 0 aliphatic rings. The lowest BCUT2D eigenvalue weighted by molar-refractivity contribution is 0.0528. The SMILES string of the molecule is CCOC(=O)c1c(-c2ccc(Cl)cc2)noc1NS(=O)(=O)c1ccc(F)cc1. The minimum absolute atomic E-state index is 0.0637. The molecule has 1 heterocycles. The van der Waals surface area contributed by atoms with E-state index in [1.807, 2.05) is 0 Å². The summed E-state index contributed by atoms with van der Waals surface area (Å²) in [6.45, 7) is 1.67. The molecule has 0 atom stereocenters. The predicted molar refractivity (Wildman–Crippen MR) is 100 cm³/mol. The van der Waals surface area contributed by atoms with E-state index in [0.29, 0.717) is 10.6 Å². The molecular formula is C18H14ClFN2O5S. The van der Waals surface area contributed by atoms with E-state index in [2.05, 4.69) is 9.88 Å². The summed E-state index contributed by atoms with van der Waals surface area (Å²) in [7, 11) is -4.16. The van der Waals surface area contributed by atoms with Crippen molar-refractivity contribution in [3.8, 4) is 11.3 Å². The third-order valence-electron chi connectivity index (χ3n) is 3.64. The predicted octanol–water partition coefficient (Wildman–Crippen LogP) is 4.11. The van der Waals surface area contributed by atoms with Crippen molar-refractivity contribution in [2.45, 2.75) is 11.8 Å². The van der Waals surface area contributed by atoms with Crippen molar-refractivity contribution in [3.63, 3.8) is 0 Å². The fraction of sp³-hybridized carbons (Fsp3) is 0.111. The third-order valence-corrected chi connectivity index (χ3v) is 5.24. The van der Waals surface area contributed by atoms with Gasteiger partial charge in [-0.15, -0.1) is 0 Å². The fourth-order valence-corrected chi connectivity index (χ4v) is 3.47. The first-order chi connectivity index (χ1) is 13.3. The molecule has 0 aliphatic heterocycles. The van der Waals surface area contributed by atoms with Gasteiger partial charge in [0, 0.05) is 10.6 Å². The molecule has 3 rings (SSSR count). The van der Waals surface area contributed by atoms with Gasteiger partial charge in [0.1, 0.15) is 11.5 Å². The van der Waals surface area contributed by atoms with Gasteiger partial charge in [-0.05, 0) is 43.3 Å². The molecule has 0 amide bonds. The second-order valence-electron chi connectivity index (χ2n) is 5.52. The van der Waals surface area contributed by atoms with E-state index in [0.717, 1.165) is 24.3 Å². The number of nitrogens with one attached hydrogen (secondary N) is 1. The van der Waals surface area contributed by atoms with E-state index < -0.39 is 27.7 Å². The van der Waals surface area contributed by atoms with Crippen LogP contribution >= 0.6 is 11.6 Å². The molecule has 146 valence electrons. The summed E-state index contributed by atoms with van der Waals surface area (Å²) in [6, 6.07) is 10.5. The number of benzene rings is 2. The molecule has 0 fully saturated rings. The number of anilines is 1. The van der Waals surface area contributed by atoms with Crippen molar-refractivity contribution in [3.05, 3.63) is 64.9 Å². The maximum absolute atomic E-state index is 13.1. The smallest absolute Gasteiger partial charge is 0.346 e. The van der Waals surface area contributed by atoms with Crippen molar-refractivity contribution < 1.29 is 26.9 Å². The molecule has 0 saturated carbocycles. The Hall–Kier alpha value is -2.91. The van der Waals surface area contributed by atoms with Crippen LogP contribution in [0.2, 0.25) is 5.02 Å². The molecule has 0 radical (unpaired) electrons. The number of carbonyl (C=O) groups excluding carboxylic acids is 1. The molecule has 0 aliphatic carbocycles. The highest BCUT2D eigenvalue weighted by molar-refractivity contribution is 7.92. The topological polar surface area (TPSA) is 98.5 Å². The minimum atomic E-state index is -4.16. The normalized spacial score (nSPS) is 11.2. The van der Waals surface area contributed by atoms with Gasteiger partial charge in [0.05, 0.1) is 11.5 Å². The quantitative estimate of drug-likeness (QED) is 0.598. The van der Waals surface area contributed by atoms with E-state index in [-0.39, 0.29) is 22.8 Å². The Morgan fingerprint density at radius 2 is 1.82 bits per heavy atom. The van der Waals surface area contributed by atoms with Crippen molar-refractivity contribution in [2.24, 2.45) is 0 Å². The summed E-state index contributed by atoms with van der Waals surface area (Å²) in [5.74, 6) is -1.81. The standard InChI is InChI=1S/C18H14ClFN2O5S/c1-2-26-18(23)15-16(11-3-5-12(19)6-4-11)21-27-17(15)22-28(24,25)14-9-7-13(20)8-10-14/h3-10,22H,2H2,1H3. The Morgan fingerprint density at radius 3 is 2.43 bits per heavy atom. The Kier molecular flexibility index (Phi) is 5.66. The lowest BCUT2D eigenvalue weighted by Crippen LogP contribution is -2.16. The molecule has 7 nitrogen and oxygen atoms in total. The van der Waals surface area contributed by atoms with Crippen LogP contribution in [0, 0.1) is 5.82 Å². The molecule has 28 heavy (non-hydrogen) atoms. The number of nitrogens with zero attached hydrogens (tertiary/aromatic N) is 1. The van der Waals surface area contributed by atoms with E-state index in [1.165, 1.54) is 0 Å². The van der Waals surface area contributed by atoms with E-state index in [4.69, 9.17) is 20.9 Å². The van der Waals surface area contributed by atoms with Crippen LogP contribution in [0.4, 0.5) is 10.3 Å². The molecule has 1 aromatic heterocycles. The zero-order valence-corrected chi connectivity index (χ0v) is 16.1. The Labute approximate surface area is 165 Å². The van der Waals surface area contributed by atoms with Crippen LogP contribution in [0.3, 0.4) is 0 Å². The molecule has 3 aromatic rings. The average Bonchev–Trinajstić information content (AvgIpc) is 3.06. The first kappa shape index (κ1) is 19.8. The van der Waals surface area contributed by atoms with Gasteiger partial charge in [-0.3, -0.25) is 0 Å². The van der Waals surface area contributed by atoms with Crippen LogP contribution in [0.1, 0.15) is 17.3 Å². The number of rotatable bonds is 6. The fourth-order valence-electron chi connectivity index (χ4n) is 2.35. The lowest BCUT2D eigenvalue weighted by Gasteiger charge is -2.07. The Balaban J connectivity index is 2.04. The van der Waals surface area contributed by atoms with Gasteiger partial charge in [0.25, 0.3) is 15.9 Å². The maximum Gasteiger partial charge on any atom is 0.346 e. The van der Waals surface area contributed by atoms with Crippen LogP contribution in [0.25, 0.3) is 11.3 Å². The molecule has 0 bridgehead atoms. The van der Waals surface area contributed by atoms with Gasteiger partial charge in [0.15, 0.2) is 5.56 Å². The molecule has 1 N–H and O–H groups in total. The highest BCUT2D eigenvalue weighted by atomic mass is 35.5. The van der Waals surface area contributed by atoms with Crippen molar-refractivity contribution >= 4 is 33.5 Å². The highest BCUT2D eigenvalue weighted by Crippen LogP contribution is 2.31. The van der Waals surface area contributed by atoms with Crippen molar-refractivity contribution in [2.75, 3.05) is 11.3 Å². The number of hydrogen-bond donors (Lipinski definition) is 1. The van der Waals surface area contributed by atoms with Gasteiger partial charge in [-0.1, -0.05) is 28.9 Å². The summed E-state index contributed by atoms with van der Waals surface area (Å²) >= 11 is 5.87. The van der Waals surface area contributed by atoms with Crippen LogP contribution in [-0.4, -0.2) is 26.2 Å². The summed E-state index contributed by atoms with van der Waals surface area (Å²) < 4.78 is 50.4. The number of sulfonamides is 1. The summed E-state index contributed by atoms with van der Waals surface area (Å²) in [5, 5.41) is 4.28. The highest BCUT2D eigenvalue weighted by Gasteiger charge is 2.28. The number of hydrogen-bond acceptors (Lipinski definition) is 6. The number of carbonyl (C=O) groups is 1. The van der Waals surface area contributed by atoms with Crippen LogP contribution < -0.4 is 4.72 Å². The van der Waals surface area contributed by atoms with Crippen LogP contribution in [0.15, 0.2) is 57.9 Å². The zero-order valence-electron chi connectivity index (χ0n) is 14.5. The molecule has 10 heteroatoms. The summed E-state index contributed by atoms with van der Waals surface area (Å²) in [6.07, 6.45) is 0. The van der Waals surface area contributed by atoms with E-state index in [1.54, 1.807) is 31.2 Å². The number of halogens is 2. The molecular weight excluding hydrogens is 411 g/mol. The molecule has 0 spiro atoms. The monoisotopic (exact) mass is 424 g/mol. The van der Waals surface area contributed by atoms with Gasteiger partial charge in [-0.2, -0.15) is 0 Å². The molecule has 2 aromatic carbocycles. The first-order valence-corrected chi connectivity index (χ1v) is 9.89. The van der Waals surface area contributed by atoms with Gasteiger partial charge in [-0.25, -0.2) is 22.3 Å². The maximum atomic E-state index is 13.1. The minimum Gasteiger partial charge on any atom is -0.462 e. The second kappa shape index (κ2) is 7.99. The average molecular weight is 425 g/mol. The van der Waals surface area contributed by atoms with Crippen LogP contribution in [-0.2, 0) is 14.8 Å². The van der Waals surface area contributed by atoms with Crippen molar-refractivity contribution in [1.29, 1.82) is 0 Å². The molecule has 0 saturated heterocycles. The largest absolute Gasteiger partial charge is 0.462 e. The van der Waals surface area contributed by atoms with Gasteiger partial charge < -0.3 is 9.26 Å². The Bertz CT molecular complexity index is 1100. The number of esters is 1. The zero-order chi connectivity index (χ0) is 20.3. The summed E-state index contributed by atoms with van der Waals surface area (Å²) in [4.78, 5) is 12.2. The van der Waals surface area contributed by atoms with Crippen LogP contribution in [0.5, 0.6) is 0 Å². The van der Waals surface area contributed by atoms with E-state index >= 15 is 0 Å². The summed E-state index contributed by atoms with van der Waals surface area (Å²) in [5.41, 5.74) is 0.380. The van der Waals surface area contributed by atoms with Crippen molar-refractivity contribution in [1.82, 2.24) is 5.16 Å². The second-order valence-corrected chi connectivity index (χ2v) is 7.64. The third kappa shape index (κ3) is 4.15. The van der Waals surface area contributed by atoms with Gasteiger partial charge in [0.2, 0.25) is 0 Å². The Morgan fingerprint density at radius 1 is 1.18 bits per heavy atom. The number of aromatic nitrogens is 1. The lowest BCUT2D eigenvalue weighted by atomic mass is 10.1. The van der Waals surface area contributed by atoms with Gasteiger partial charge >= 0.3 is 5.97 Å². The van der Waals surface area contributed by atoms with E-state index in [9.17, 15) is 17.6 Å².